The van der Waals surface area contributed by atoms with Crippen molar-refractivity contribution in [2.24, 2.45) is 11.8 Å². The molecule has 0 amide bonds. The van der Waals surface area contributed by atoms with E-state index in [0.717, 1.165) is 102 Å². The van der Waals surface area contributed by atoms with E-state index in [-0.39, 0.29) is 25.7 Å². The van der Waals surface area contributed by atoms with Crippen LogP contribution >= 0.6 is 15.6 Å². The van der Waals surface area contributed by atoms with Gasteiger partial charge in [0.25, 0.3) is 0 Å². The molecule has 3 N–H and O–H groups in total. The Bertz CT molecular complexity index is 2010. The Morgan fingerprint density at radius 1 is 0.276 bits per heavy atom. The summed E-state index contributed by atoms with van der Waals surface area (Å²) >= 11 is 0. The fourth-order valence-corrected chi connectivity index (χ4v) is 15.0. The van der Waals surface area contributed by atoms with Crippen LogP contribution in [0.1, 0.15) is 459 Å². The van der Waals surface area contributed by atoms with Crippen molar-refractivity contribution in [3.05, 3.63) is 0 Å². The number of rotatable bonds is 85. The van der Waals surface area contributed by atoms with Gasteiger partial charge in [0.05, 0.1) is 26.4 Å². The normalized spacial score (nSPS) is 14.1. The number of unbranched alkanes of at least 4 members (excludes halogenated alkanes) is 54. The van der Waals surface area contributed by atoms with Crippen LogP contribution in [0.5, 0.6) is 0 Å². The highest BCUT2D eigenvalue weighted by molar-refractivity contribution is 7.47. The van der Waals surface area contributed by atoms with Gasteiger partial charge in [-0.2, -0.15) is 0 Å². The average molecular weight is 1540 g/mol. The summed E-state index contributed by atoms with van der Waals surface area (Å²) in [4.78, 5) is 73.1. The van der Waals surface area contributed by atoms with Gasteiger partial charge in [-0.15, -0.1) is 0 Å². The van der Waals surface area contributed by atoms with E-state index < -0.39 is 97.5 Å². The lowest BCUT2D eigenvalue weighted by atomic mass is 9.99. The van der Waals surface area contributed by atoms with Crippen molar-refractivity contribution in [3.63, 3.8) is 0 Å². The zero-order valence-electron chi connectivity index (χ0n) is 69.0. The second-order valence-corrected chi connectivity index (χ2v) is 34.6. The first-order chi connectivity index (χ1) is 50.9. The van der Waals surface area contributed by atoms with E-state index in [4.69, 9.17) is 37.0 Å². The highest BCUT2D eigenvalue weighted by Gasteiger charge is 2.30. The van der Waals surface area contributed by atoms with E-state index >= 15 is 0 Å². The van der Waals surface area contributed by atoms with Crippen LogP contribution < -0.4 is 0 Å². The maximum absolute atomic E-state index is 13.1. The van der Waals surface area contributed by atoms with Gasteiger partial charge in [0.2, 0.25) is 0 Å². The molecule has 0 saturated heterocycles. The van der Waals surface area contributed by atoms with Crippen molar-refractivity contribution in [2.45, 2.75) is 477 Å². The molecule has 0 rings (SSSR count). The third kappa shape index (κ3) is 78.5. The molecule has 17 nitrogen and oxygen atoms in total. The van der Waals surface area contributed by atoms with Crippen LogP contribution in [0.15, 0.2) is 0 Å². The second kappa shape index (κ2) is 77.4. The molecule has 0 aliphatic rings. The molecule has 0 aromatic rings. The molecular formula is C86H168O17P2. The topological polar surface area (TPSA) is 237 Å². The Morgan fingerprint density at radius 3 is 0.724 bits per heavy atom. The van der Waals surface area contributed by atoms with Crippen molar-refractivity contribution in [3.8, 4) is 0 Å². The Kier molecular flexibility index (Phi) is 76.0. The van der Waals surface area contributed by atoms with Gasteiger partial charge >= 0.3 is 39.5 Å². The van der Waals surface area contributed by atoms with E-state index in [9.17, 15) is 43.2 Å². The van der Waals surface area contributed by atoms with E-state index in [0.29, 0.717) is 25.7 Å². The number of aliphatic hydroxyl groups excluding tert-OH is 1. The van der Waals surface area contributed by atoms with Gasteiger partial charge in [-0.3, -0.25) is 37.3 Å². The number of phosphoric acid groups is 2. The molecule has 19 heteroatoms. The van der Waals surface area contributed by atoms with Crippen molar-refractivity contribution >= 4 is 39.5 Å². The van der Waals surface area contributed by atoms with E-state index in [1.54, 1.807) is 0 Å². The molecule has 0 fully saturated rings. The lowest BCUT2D eigenvalue weighted by molar-refractivity contribution is -0.161. The molecule has 0 aromatic heterocycles. The van der Waals surface area contributed by atoms with Crippen LogP contribution in [0, 0.1) is 11.8 Å². The number of phosphoric ester groups is 2. The fourth-order valence-electron chi connectivity index (χ4n) is 13.4. The predicted molar refractivity (Wildman–Crippen MR) is 432 cm³/mol. The minimum absolute atomic E-state index is 0.105. The molecule has 0 bridgehead atoms. The summed E-state index contributed by atoms with van der Waals surface area (Å²) in [7, 11) is -9.92. The molecule has 0 aromatic carbocycles. The van der Waals surface area contributed by atoms with Gasteiger partial charge in [0.1, 0.15) is 19.3 Å². The Morgan fingerprint density at radius 2 is 0.486 bits per heavy atom. The Hall–Kier alpha value is -1.94. The molecule has 0 radical (unpaired) electrons. The molecule has 105 heavy (non-hydrogen) atoms. The number of aliphatic hydroxyl groups is 1. The van der Waals surface area contributed by atoms with Crippen LogP contribution in [0.4, 0.5) is 0 Å². The van der Waals surface area contributed by atoms with Gasteiger partial charge in [-0.25, -0.2) is 9.13 Å². The number of esters is 4. The molecular weight excluding hydrogens is 1370 g/mol. The molecule has 0 aliphatic carbocycles. The van der Waals surface area contributed by atoms with Gasteiger partial charge in [-0.05, 0) is 37.5 Å². The lowest BCUT2D eigenvalue weighted by Gasteiger charge is -2.21. The third-order valence-electron chi connectivity index (χ3n) is 20.6. The summed E-state index contributed by atoms with van der Waals surface area (Å²) in [5, 5.41) is 10.7. The van der Waals surface area contributed by atoms with Crippen molar-refractivity contribution < 1.29 is 80.2 Å². The average Bonchev–Trinajstić information content (AvgIpc) is 0.908. The molecule has 3 unspecified atom stereocenters. The summed E-state index contributed by atoms with van der Waals surface area (Å²) < 4.78 is 68.8. The van der Waals surface area contributed by atoms with Gasteiger partial charge in [0.15, 0.2) is 12.2 Å². The third-order valence-corrected chi connectivity index (χ3v) is 22.5. The number of hydrogen-bond acceptors (Lipinski definition) is 15. The number of carbonyl (C=O) groups excluding carboxylic acids is 4. The number of hydrogen-bond donors (Lipinski definition) is 3. The number of ether oxygens (including phenoxy) is 4. The molecule has 0 saturated carbocycles. The van der Waals surface area contributed by atoms with Crippen molar-refractivity contribution in [2.75, 3.05) is 39.6 Å². The SMILES string of the molecule is CCCCCCCCCCCCCCCCCCCCCCCCC(=O)O[C@H](COC(=O)CCCCCCCCCCCCCCCCCCCCC(C)C)COP(=O)(O)OC[C@@H](O)COP(=O)(O)OC[C@@H](COC(=O)CCCCCCCCCCCC)OC(=O)CCCCCCCCCCC(C)CC. The first kappa shape index (κ1) is 103. The smallest absolute Gasteiger partial charge is 0.462 e. The first-order valence-corrected chi connectivity index (χ1v) is 47.5. The Labute approximate surface area is 645 Å². The fraction of sp³-hybridized carbons (Fsp3) is 0.953. The first-order valence-electron chi connectivity index (χ1n) is 44.5. The van der Waals surface area contributed by atoms with Gasteiger partial charge in [-0.1, -0.05) is 408 Å². The van der Waals surface area contributed by atoms with E-state index in [2.05, 4.69) is 41.5 Å². The minimum atomic E-state index is -4.97. The standard InChI is InChI=1S/C86H168O17P2/c1-7-10-12-14-16-18-20-21-22-23-24-25-26-27-32-35-38-41-45-52-58-64-70-85(90)102-81(74-97-84(89)69-63-57-51-44-40-37-34-31-29-28-30-33-36-39-42-48-54-60-66-78(4)5)76-100-104(92,93)98-72-80(87)73-99-105(94,95)101-77-82(75-96-83(88)68-62-56-50-43-19-17-15-13-11-8-2)103-86(91)71-65-59-53-47-46-49-55-61-67-79(6)9-3/h78-82,87H,7-77H2,1-6H3,(H,92,93)(H,94,95)/t79?,80-,81-,82-/m1/s1. The largest absolute Gasteiger partial charge is 0.472 e. The van der Waals surface area contributed by atoms with Crippen LogP contribution in [0.3, 0.4) is 0 Å². The summed E-state index contributed by atoms with van der Waals surface area (Å²) in [5.74, 6) is -0.513. The molecule has 0 aliphatic heterocycles. The van der Waals surface area contributed by atoms with Crippen molar-refractivity contribution in [1.82, 2.24) is 0 Å². The molecule has 624 valence electrons. The monoisotopic (exact) mass is 1540 g/mol. The summed E-state index contributed by atoms with van der Waals surface area (Å²) in [5.41, 5.74) is 0. The maximum atomic E-state index is 13.1. The second-order valence-electron chi connectivity index (χ2n) is 31.6. The highest BCUT2D eigenvalue weighted by Crippen LogP contribution is 2.45. The molecule has 0 spiro atoms. The van der Waals surface area contributed by atoms with Crippen molar-refractivity contribution in [1.29, 1.82) is 0 Å². The minimum Gasteiger partial charge on any atom is -0.462 e. The summed E-state index contributed by atoms with van der Waals surface area (Å²) in [6.45, 7) is 9.68. The predicted octanol–water partition coefficient (Wildman–Crippen LogP) is 26.2. The zero-order valence-corrected chi connectivity index (χ0v) is 70.8. The maximum Gasteiger partial charge on any atom is 0.472 e. The van der Waals surface area contributed by atoms with Crippen LogP contribution in [0.25, 0.3) is 0 Å². The quantitative estimate of drug-likeness (QED) is 0.0222. The van der Waals surface area contributed by atoms with E-state index in [1.165, 1.54) is 276 Å². The van der Waals surface area contributed by atoms with E-state index in [1.807, 2.05) is 0 Å². The number of carbonyl (C=O) groups is 4. The highest BCUT2D eigenvalue weighted by atomic mass is 31.2. The zero-order chi connectivity index (χ0) is 77.1. The summed E-state index contributed by atoms with van der Waals surface area (Å²) in [6, 6.07) is 0. The molecule has 6 atom stereocenters. The Balaban J connectivity index is 5.19. The summed E-state index contributed by atoms with van der Waals surface area (Å²) in [6.07, 6.45) is 69.6. The molecule has 0 heterocycles. The van der Waals surface area contributed by atoms with Crippen LogP contribution in [-0.2, 0) is 65.4 Å². The lowest BCUT2D eigenvalue weighted by Crippen LogP contribution is -2.30. The van der Waals surface area contributed by atoms with Crippen LogP contribution in [0.2, 0.25) is 0 Å². The van der Waals surface area contributed by atoms with Gasteiger partial charge in [0, 0.05) is 25.7 Å². The van der Waals surface area contributed by atoms with Crippen LogP contribution in [-0.4, -0.2) is 96.7 Å². The van der Waals surface area contributed by atoms with Gasteiger partial charge < -0.3 is 33.8 Å².